The zero-order valence-corrected chi connectivity index (χ0v) is 13.2. The lowest BCUT2D eigenvalue weighted by molar-refractivity contribution is -0.131. The van der Waals surface area contributed by atoms with Crippen molar-refractivity contribution in [2.24, 2.45) is 5.92 Å². The van der Waals surface area contributed by atoms with Gasteiger partial charge in [0.25, 0.3) is 0 Å². The molecule has 6 heteroatoms. The first-order valence-corrected chi connectivity index (χ1v) is 7.49. The van der Waals surface area contributed by atoms with Crippen LogP contribution >= 0.6 is 0 Å². The third-order valence-corrected chi connectivity index (χ3v) is 3.71. The topological polar surface area (TPSA) is 62.2 Å². The third kappa shape index (κ3) is 4.70. The number of pyridine rings is 1. The second-order valence-electron chi connectivity index (χ2n) is 5.42. The summed E-state index contributed by atoms with van der Waals surface area (Å²) >= 11 is 0. The van der Waals surface area contributed by atoms with E-state index in [0.29, 0.717) is 24.1 Å². The SMILES string of the molecule is Cc1ccccc1F.O=C(NO)C1C=C(c2ccc(F)cn2)CC1. The summed E-state index contributed by atoms with van der Waals surface area (Å²) in [6.45, 7) is 1.75. The number of carbonyl (C=O) groups excluding carboxylic acids is 1. The van der Waals surface area contributed by atoms with Gasteiger partial charge >= 0.3 is 0 Å². The van der Waals surface area contributed by atoms with Crippen LogP contribution < -0.4 is 5.48 Å². The molecule has 0 saturated carbocycles. The molecule has 1 aromatic heterocycles. The fraction of sp³-hybridized carbons (Fsp3) is 0.222. The first-order chi connectivity index (χ1) is 11.5. The van der Waals surface area contributed by atoms with Crippen LogP contribution in [0.2, 0.25) is 0 Å². The molecule has 1 heterocycles. The number of rotatable bonds is 2. The summed E-state index contributed by atoms with van der Waals surface area (Å²) in [6.07, 6.45) is 4.25. The van der Waals surface area contributed by atoms with E-state index >= 15 is 0 Å². The highest BCUT2D eigenvalue weighted by Crippen LogP contribution is 2.30. The standard InChI is InChI=1S/C11H11FN2O2.C7H7F/c12-9-3-4-10(13-6-9)7-1-2-8(5-7)11(15)14-16;1-6-4-2-3-5-7(6)8/h3-6,8,16H,1-2H2,(H,14,15);2-5H,1H3. The smallest absolute Gasteiger partial charge is 0.250 e. The molecule has 0 fully saturated rings. The van der Waals surface area contributed by atoms with Crippen LogP contribution in [-0.2, 0) is 4.79 Å². The largest absolute Gasteiger partial charge is 0.289 e. The first kappa shape index (κ1) is 17.7. The number of benzene rings is 1. The Bertz CT molecular complexity index is 709. The Balaban J connectivity index is 0.000000219. The molecule has 4 nitrogen and oxygen atoms in total. The monoisotopic (exact) mass is 332 g/mol. The number of nitrogens with one attached hydrogen (secondary N) is 1. The molecule has 0 spiro atoms. The van der Waals surface area contributed by atoms with E-state index in [1.54, 1.807) is 36.7 Å². The van der Waals surface area contributed by atoms with Crippen molar-refractivity contribution >= 4 is 11.5 Å². The van der Waals surface area contributed by atoms with E-state index in [4.69, 9.17) is 5.21 Å². The van der Waals surface area contributed by atoms with Gasteiger partial charge in [0.2, 0.25) is 5.91 Å². The number of amides is 1. The van der Waals surface area contributed by atoms with Crippen LogP contribution in [0.4, 0.5) is 8.78 Å². The predicted octanol–water partition coefficient (Wildman–Crippen LogP) is 3.65. The van der Waals surface area contributed by atoms with Crippen molar-refractivity contribution in [3.8, 4) is 0 Å². The molecule has 24 heavy (non-hydrogen) atoms. The Labute approximate surface area is 138 Å². The number of hydroxylamine groups is 1. The van der Waals surface area contributed by atoms with Gasteiger partial charge in [-0.2, -0.15) is 0 Å². The highest BCUT2D eigenvalue weighted by Gasteiger charge is 2.23. The van der Waals surface area contributed by atoms with Crippen LogP contribution in [0.1, 0.15) is 24.1 Å². The van der Waals surface area contributed by atoms with Crippen molar-refractivity contribution in [2.75, 3.05) is 0 Å². The molecule has 126 valence electrons. The summed E-state index contributed by atoms with van der Waals surface area (Å²) in [5.41, 5.74) is 3.91. The van der Waals surface area contributed by atoms with Crippen LogP contribution in [0, 0.1) is 24.5 Å². The molecular weight excluding hydrogens is 314 g/mol. The maximum atomic E-state index is 12.7. The normalized spacial score (nSPS) is 16.0. The maximum Gasteiger partial charge on any atom is 0.250 e. The lowest BCUT2D eigenvalue weighted by atomic mass is 10.1. The summed E-state index contributed by atoms with van der Waals surface area (Å²) < 4.78 is 25.0. The number of halogens is 2. The van der Waals surface area contributed by atoms with Crippen molar-refractivity contribution in [2.45, 2.75) is 19.8 Å². The second kappa shape index (κ2) is 8.31. The Morgan fingerprint density at radius 3 is 2.54 bits per heavy atom. The predicted molar refractivity (Wildman–Crippen MR) is 86.0 cm³/mol. The van der Waals surface area contributed by atoms with Crippen molar-refractivity contribution in [1.29, 1.82) is 0 Å². The summed E-state index contributed by atoms with van der Waals surface area (Å²) in [5.74, 6) is -1.26. The van der Waals surface area contributed by atoms with E-state index in [9.17, 15) is 13.6 Å². The molecule has 2 aromatic rings. The average molecular weight is 332 g/mol. The summed E-state index contributed by atoms with van der Waals surface area (Å²) in [7, 11) is 0. The Morgan fingerprint density at radius 2 is 2.00 bits per heavy atom. The highest BCUT2D eigenvalue weighted by molar-refractivity contribution is 5.83. The molecule has 0 aliphatic heterocycles. The molecule has 0 radical (unpaired) electrons. The van der Waals surface area contributed by atoms with Crippen LogP contribution in [0.25, 0.3) is 5.57 Å². The number of aromatic nitrogens is 1. The van der Waals surface area contributed by atoms with Crippen LogP contribution in [0.5, 0.6) is 0 Å². The van der Waals surface area contributed by atoms with Gasteiger partial charge in [0.15, 0.2) is 0 Å². The maximum absolute atomic E-state index is 12.7. The van der Waals surface area contributed by atoms with Gasteiger partial charge in [0.05, 0.1) is 17.8 Å². The molecule has 1 amide bonds. The van der Waals surface area contributed by atoms with E-state index in [-0.39, 0.29) is 17.6 Å². The van der Waals surface area contributed by atoms with E-state index in [1.807, 2.05) is 6.07 Å². The number of aryl methyl sites for hydroxylation is 1. The van der Waals surface area contributed by atoms with Crippen LogP contribution in [0.3, 0.4) is 0 Å². The molecule has 1 aliphatic rings. The van der Waals surface area contributed by atoms with Crippen molar-refractivity contribution in [3.05, 3.63) is 71.6 Å². The molecule has 1 atom stereocenters. The molecule has 0 saturated heterocycles. The number of allylic oxidation sites excluding steroid dienone is 1. The first-order valence-electron chi connectivity index (χ1n) is 7.49. The summed E-state index contributed by atoms with van der Waals surface area (Å²) in [5, 5.41) is 8.49. The van der Waals surface area contributed by atoms with Crippen LogP contribution in [-0.4, -0.2) is 16.1 Å². The minimum absolute atomic E-state index is 0.132. The van der Waals surface area contributed by atoms with Crippen molar-refractivity contribution in [3.63, 3.8) is 0 Å². The van der Waals surface area contributed by atoms with Gasteiger partial charge in [-0.15, -0.1) is 0 Å². The van der Waals surface area contributed by atoms with E-state index in [0.717, 1.165) is 11.8 Å². The molecule has 1 aromatic carbocycles. The molecule has 1 aliphatic carbocycles. The van der Waals surface area contributed by atoms with E-state index < -0.39 is 5.91 Å². The lowest BCUT2D eigenvalue weighted by Gasteiger charge is -2.01. The zero-order valence-electron chi connectivity index (χ0n) is 13.2. The summed E-state index contributed by atoms with van der Waals surface area (Å²) in [6, 6.07) is 9.62. The van der Waals surface area contributed by atoms with Gasteiger partial charge in [-0.3, -0.25) is 15.0 Å². The number of hydrogen-bond acceptors (Lipinski definition) is 3. The second-order valence-corrected chi connectivity index (χ2v) is 5.42. The minimum atomic E-state index is -0.419. The van der Waals surface area contributed by atoms with E-state index in [2.05, 4.69) is 4.98 Å². The van der Waals surface area contributed by atoms with E-state index in [1.165, 1.54) is 12.1 Å². The number of nitrogens with zero attached hydrogens (tertiary/aromatic N) is 1. The van der Waals surface area contributed by atoms with Gasteiger partial charge in [-0.05, 0) is 49.1 Å². The minimum Gasteiger partial charge on any atom is -0.289 e. The van der Waals surface area contributed by atoms with Crippen molar-refractivity contribution < 1.29 is 18.8 Å². The number of carbonyl (C=O) groups is 1. The fourth-order valence-corrected chi connectivity index (χ4v) is 2.34. The third-order valence-electron chi connectivity index (χ3n) is 3.71. The van der Waals surface area contributed by atoms with Gasteiger partial charge in [0.1, 0.15) is 11.6 Å². The molecule has 3 rings (SSSR count). The van der Waals surface area contributed by atoms with Crippen LogP contribution in [0.15, 0.2) is 48.7 Å². The molecule has 0 bridgehead atoms. The summed E-state index contributed by atoms with van der Waals surface area (Å²) in [4.78, 5) is 15.1. The Kier molecular flexibility index (Phi) is 6.14. The van der Waals surface area contributed by atoms with Gasteiger partial charge in [0, 0.05) is 0 Å². The highest BCUT2D eigenvalue weighted by atomic mass is 19.1. The van der Waals surface area contributed by atoms with Crippen molar-refractivity contribution in [1.82, 2.24) is 10.5 Å². The zero-order chi connectivity index (χ0) is 17.5. The lowest BCUT2D eigenvalue weighted by Crippen LogP contribution is -2.25. The molecule has 1 unspecified atom stereocenters. The van der Waals surface area contributed by atoms with Gasteiger partial charge in [-0.25, -0.2) is 14.3 Å². The Morgan fingerprint density at radius 1 is 1.25 bits per heavy atom. The fourth-order valence-electron chi connectivity index (χ4n) is 2.34. The van der Waals surface area contributed by atoms with Gasteiger partial charge < -0.3 is 0 Å². The van der Waals surface area contributed by atoms with Gasteiger partial charge in [-0.1, -0.05) is 24.3 Å². The molecule has 2 N–H and O–H groups in total. The molecular formula is C18H18F2N2O2. The number of hydrogen-bond donors (Lipinski definition) is 2. The average Bonchev–Trinajstić information content (AvgIpc) is 3.08. The quantitative estimate of drug-likeness (QED) is 0.652. The Hall–Kier alpha value is -2.60.